The van der Waals surface area contributed by atoms with Crippen LogP contribution in [0.15, 0.2) is 18.2 Å². The van der Waals surface area contributed by atoms with Crippen LogP contribution in [0, 0.1) is 5.92 Å². The first-order valence-electron chi connectivity index (χ1n) is 5.83. The first-order chi connectivity index (χ1) is 8.39. The average molecular weight is 248 g/mol. The highest BCUT2D eigenvalue weighted by Gasteiger charge is 2.47. The van der Waals surface area contributed by atoms with Crippen LogP contribution in [0.2, 0.25) is 0 Å². The molecule has 0 amide bonds. The third kappa shape index (κ3) is 1.68. The van der Waals surface area contributed by atoms with Crippen molar-refractivity contribution in [2.45, 2.75) is 25.7 Å². The van der Waals surface area contributed by atoms with Crippen LogP contribution >= 0.6 is 0 Å². The molecule has 0 bridgehead atoms. The molecular formula is C14H16O4. The summed E-state index contributed by atoms with van der Waals surface area (Å²) in [5.74, 6) is -1.08. The van der Waals surface area contributed by atoms with Crippen molar-refractivity contribution in [3.63, 3.8) is 0 Å². The Balaban J connectivity index is 2.56. The van der Waals surface area contributed by atoms with Gasteiger partial charge in [-0.1, -0.05) is 26.0 Å². The Morgan fingerprint density at radius 2 is 2.11 bits per heavy atom. The Kier molecular flexibility index (Phi) is 2.89. The van der Waals surface area contributed by atoms with Gasteiger partial charge in [-0.2, -0.15) is 0 Å². The van der Waals surface area contributed by atoms with Gasteiger partial charge in [0, 0.05) is 11.3 Å². The van der Waals surface area contributed by atoms with Crippen LogP contribution in [0.4, 0.5) is 0 Å². The topological polar surface area (TPSA) is 63.6 Å². The highest BCUT2D eigenvalue weighted by Crippen LogP contribution is 2.47. The predicted molar refractivity (Wildman–Crippen MR) is 66.1 cm³/mol. The second-order valence-electron chi connectivity index (χ2n) is 5.12. The number of carboxylic acids is 1. The van der Waals surface area contributed by atoms with Gasteiger partial charge in [0.2, 0.25) is 0 Å². The van der Waals surface area contributed by atoms with E-state index in [1.54, 1.807) is 6.07 Å². The summed E-state index contributed by atoms with van der Waals surface area (Å²) < 4.78 is 5.21. The van der Waals surface area contributed by atoms with E-state index in [0.717, 1.165) is 5.56 Å². The van der Waals surface area contributed by atoms with E-state index in [0.29, 0.717) is 11.3 Å². The number of ether oxygens (including phenoxy) is 1. The highest BCUT2D eigenvalue weighted by atomic mass is 16.5. The molecule has 0 spiro atoms. The van der Waals surface area contributed by atoms with E-state index < -0.39 is 17.3 Å². The molecule has 0 saturated carbocycles. The first-order valence-corrected chi connectivity index (χ1v) is 5.83. The Bertz CT molecular complexity index is 517. The zero-order valence-corrected chi connectivity index (χ0v) is 10.7. The molecule has 1 N–H and O–H groups in total. The summed E-state index contributed by atoms with van der Waals surface area (Å²) in [6.07, 6.45) is -0.149. The van der Waals surface area contributed by atoms with Gasteiger partial charge < -0.3 is 9.84 Å². The molecule has 1 aliphatic carbocycles. The van der Waals surface area contributed by atoms with Gasteiger partial charge in [0.05, 0.1) is 19.1 Å². The van der Waals surface area contributed by atoms with E-state index in [9.17, 15) is 9.59 Å². The molecule has 0 heterocycles. The highest BCUT2D eigenvalue weighted by molar-refractivity contribution is 6.07. The lowest BCUT2D eigenvalue weighted by atomic mass is 9.77. The molecule has 18 heavy (non-hydrogen) atoms. The van der Waals surface area contributed by atoms with Crippen LogP contribution in [0.25, 0.3) is 0 Å². The van der Waals surface area contributed by atoms with Crippen molar-refractivity contribution < 1.29 is 19.4 Å². The Morgan fingerprint density at radius 3 is 2.67 bits per heavy atom. The fraction of sp³-hybridized carbons (Fsp3) is 0.429. The molecule has 1 aromatic rings. The second kappa shape index (κ2) is 4.12. The third-order valence-electron chi connectivity index (χ3n) is 3.75. The van der Waals surface area contributed by atoms with E-state index in [-0.39, 0.29) is 12.2 Å². The van der Waals surface area contributed by atoms with Crippen molar-refractivity contribution in [1.29, 1.82) is 0 Å². The third-order valence-corrected chi connectivity index (χ3v) is 3.75. The minimum Gasteiger partial charge on any atom is -0.496 e. The quantitative estimate of drug-likeness (QED) is 0.891. The van der Waals surface area contributed by atoms with Crippen LogP contribution in [0.5, 0.6) is 5.75 Å². The maximum absolute atomic E-state index is 12.4. The number of benzene rings is 1. The van der Waals surface area contributed by atoms with Gasteiger partial charge in [-0.05, 0) is 11.6 Å². The van der Waals surface area contributed by atoms with Crippen LogP contribution in [0.1, 0.15) is 36.2 Å². The van der Waals surface area contributed by atoms with E-state index in [2.05, 4.69) is 0 Å². The number of hydrogen-bond acceptors (Lipinski definition) is 3. The zero-order chi connectivity index (χ0) is 13.5. The number of Topliss-reactive ketones (excluding diaryl/α,β-unsaturated/α-hetero) is 1. The molecule has 0 radical (unpaired) electrons. The summed E-state index contributed by atoms with van der Waals surface area (Å²) >= 11 is 0. The first kappa shape index (κ1) is 12.6. The Labute approximate surface area is 106 Å². The van der Waals surface area contributed by atoms with Gasteiger partial charge in [0.1, 0.15) is 5.75 Å². The summed E-state index contributed by atoms with van der Waals surface area (Å²) in [6, 6.07) is 5.43. The van der Waals surface area contributed by atoms with Crippen molar-refractivity contribution >= 4 is 11.8 Å². The summed E-state index contributed by atoms with van der Waals surface area (Å²) in [5.41, 5.74) is 0.939. The van der Waals surface area contributed by atoms with Crippen molar-refractivity contribution in [3.05, 3.63) is 29.3 Å². The standard InChI is InChI=1S/C14H16O4/c1-14(2)8-5-4-6-10(18-3)12(8)13(17)9(14)7-11(15)16/h4-6,9H,7H2,1-3H3,(H,15,16). The molecule has 0 fully saturated rings. The van der Waals surface area contributed by atoms with Crippen LogP contribution in [-0.4, -0.2) is 24.0 Å². The van der Waals surface area contributed by atoms with Crippen molar-refractivity contribution in [3.8, 4) is 5.75 Å². The SMILES string of the molecule is COc1cccc2c1C(=O)C(CC(=O)O)C2(C)C. The van der Waals surface area contributed by atoms with E-state index in [4.69, 9.17) is 9.84 Å². The lowest BCUT2D eigenvalue weighted by Crippen LogP contribution is -2.29. The lowest BCUT2D eigenvalue weighted by Gasteiger charge is -2.25. The largest absolute Gasteiger partial charge is 0.496 e. The molecule has 96 valence electrons. The van der Waals surface area contributed by atoms with E-state index in [1.807, 2.05) is 26.0 Å². The van der Waals surface area contributed by atoms with E-state index in [1.165, 1.54) is 7.11 Å². The number of carbonyl (C=O) groups excluding carboxylic acids is 1. The number of fused-ring (bicyclic) bond motifs is 1. The van der Waals surface area contributed by atoms with Crippen molar-refractivity contribution in [2.24, 2.45) is 5.92 Å². The van der Waals surface area contributed by atoms with Gasteiger partial charge in [-0.25, -0.2) is 0 Å². The van der Waals surface area contributed by atoms with Gasteiger partial charge in [0.25, 0.3) is 0 Å². The molecule has 1 unspecified atom stereocenters. The fourth-order valence-corrected chi connectivity index (χ4v) is 2.70. The minimum atomic E-state index is -0.951. The van der Waals surface area contributed by atoms with Crippen molar-refractivity contribution in [2.75, 3.05) is 7.11 Å². The van der Waals surface area contributed by atoms with Crippen LogP contribution < -0.4 is 4.74 Å². The molecule has 0 saturated heterocycles. The summed E-state index contributed by atoms with van der Waals surface area (Å²) in [5, 5.41) is 8.95. The van der Waals surface area contributed by atoms with Gasteiger partial charge in [-0.15, -0.1) is 0 Å². The Morgan fingerprint density at radius 1 is 1.44 bits per heavy atom. The molecule has 0 aromatic heterocycles. The number of hydrogen-bond donors (Lipinski definition) is 1. The van der Waals surface area contributed by atoms with E-state index >= 15 is 0 Å². The van der Waals surface area contributed by atoms with Crippen LogP contribution in [0.3, 0.4) is 0 Å². The van der Waals surface area contributed by atoms with Gasteiger partial charge >= 0.3 is 5.97 Å². The second-order valence-corrected chi connectivity index (χ2v) is 5.12. The predicted octanol–water partition coefficient (Wildman–Crippen LogP) is 2.26. The van der Waals surface area contributed by atoms with Gasteiger partial charge in [0.15, 0.2) is 5.78 Å². The summed E-state index contributed by atoms with van der Waals surface area (Å²) in [6.45, 7) is 3.81. The Hall–Kier alpha value is -1.84. The lowest BCUT2D eigenvalue weighted by molar-refractivity contribution is -0.138. The minimum absolute atomic E-state index is 0.130. The number of carboxylic acid groups (broad SMARTS) is 1. The van der Waals surface area contributed by atoms with Crippen molar-refractivity contribution in [1.82, 2.24) is 0 Å². The molecular weight excluding hydrogens is 232 g/mol. The fourth-order valence-electron chi connectivity index (χ4n) is 2.70. The molecule has 1 aromatic carbocycles. The van der Waals surface area contributed by atoms with Crippen LogP contribution in [-0.2, 0) is 10.2 Å². The average Bonchev–Trinajstić information content (AvgIpc) is 2.50. The maximum Gasteiger partial charge on any atom is 0.304 e. The summed E-state index contributed by atoms with van der Waals surface area (Å²) in [4.78, 5) is 23.3. The molecule has 4 nitrogen and oxygen atoms in total. The molecule has 0 aliphatic heterocycles. The number of ketones is 1. The molecule has 1 aliphatic rings. The number of carbonyl (C=O) groups is 2. The van der Waals surface area contributed by atoms with Gasteiger partial charge in [-0.3, -0.25) is 9.59 Å². The number of aliphatic carboxylic acids is 1. The molecule has 2 rings (SSSR count). The number of methoxy groups -OCH3 is 1. The molecule has 4 heteroatoms. The zero-order valence-electron chi connectivity index (χ0n) is 10.7. The number of rotatable bonds is 3. The molecule has 1 atom stereocenters. The monoisotopic (exact) mass is 248 g/mol. The smallest absolute Gasteiger partial charge is 0.304 e. The maximum atomic E-state index is 12.4. The summed E-state index contributed by atoms with van der Waals surface area (Å²) in [7, 11) is 1.51. The normalized spacial score (nSPS) is 20.6.